The van der Waals surface area contributed by atoms with Crippen LogP contribution in [0.25, 0.3) is 0 Å². The van der Waals surface area contributed by atoms with Crippen LogP contribution < -0.4 is 0 Å². The molecule has 2 saturated heterocycles. The van der Waals surface area contributed by atoms with Gasteiger partial charge in [0.05, 0.1) is 13.2 Å². The number of methoxy groups -OCH3 is 1. The first kappa shape index (κ1) is 18.2. The van der Waals surface area contributed by atoms with E-state index in [9.17, 15) is 9.59 Å². The Kier molecular flexibility index (Phi) is 6.38. The number of ether oxygens (including phenoxy) is 1. The number of amides is 2. The van der Waals surface area contributed by atoms with Crippen LogP contribution in [-0.2, 0) is 14.3 Å². The topological polar surface area (TPSA) is 73.3 Å². The summed E-state index contributed by atoms with van der Waals surface area (Å²) in [5.74, 6) is 0.179. The van der Waals surface area contributed by atoms with Crippen LogP contribution in [0.2, 0.25) is 0 Å². The molecule has 7 nitrogen and oxygen atoms in total. The first-order valence-electron chi connectivity index (χ1n) is 8.39. The molecule has 132 valence electrons. The van der Waals surface area contributed by atoms with E-state index in [-0.39, 0.29) is 30.4 Å². The smallest absolute Gasteiger partial charge is 0.224 e. The lowest BCUT2D eigenvalue weighted by atomic mass is 9.86. The van der Waals surface area contributed by atoms with E-state index < -0.39 is 0 Å². The lowest BCUT2D eigenvalue weighted by Crippen LogP contribution is -2.62. The maximum absolute atomic E-state index is 12.3. The summed E-state index contributed by atoms with van der Waals surface area (Å²) in [6.07, 6.45) is 2.32. The molecule has 0 radical (unpaired) electrons. The maximum atomic E-state index is 12.3. The normalized spacial score (nSPS) is 26.7. The number of carbonyl (C=O) groups excluding carboxylic acids is 2. The Morgan fingerprint density at radius 1 is 1.30 bits per heavy atom. The van der Waals surface area contributed by atoms with Gasteiger partial charge < -0.3 is 19.6 Å². The molecule has 1 atom stereocenters. The molecule has 7 heteroatoms. The van der Waals surface area contributed by atoms with Crippen LogP contribution in [0.15, 0.2) is 0 Å². The van der Waals surface area contributed by atoms with Gasteiger partial charge in [0.2, 0.25) is 11.8 Å². The van der Waals surface area contributed by atoms with Gasteiger partial charge in [-0.3, -0.25) is 14.5 Å². The van der Waals surface area contributed by atoms with Gasteiger partial charge in [-0.2, -0.15) is 0 Å². The summed E-state index contributed by atoms with van der Waals surface area (Å²) < 4.78 is 5.09. The van der Waals surface area contributed by atoms with Crippen molar-refractivity contribution in [2.75, 3.05) is 60.1 Å². The average Bonchev–Trinajstić information content (AvgIpc) is 2.69. The second-order valence-corrected chi connectivity index (χ2v) is 6.56. The highest BCUT2D eigenvalue weighted by Gasteiger charge is 2.43. The zero-order valence-corrected chi connectivity index (χ0v) is 14.3. The summed E-state index contributed by atoms with van der Waals surface area (Å²) in [7, 11) is 3.73. The summed E-state index contributed by atoms with van der Waals surface area (Å²) in [6.45, 7) is 3.92. The van der Waals surface area contributed by atoms with Crippen LogP contribution in [0, 0.1) is 0 Å². The summed E-state index contributed by atoms with van der Waals surface area (Å²) in [5, 5.41) is 9.00. The van der Waals surface area contributed by atoms with Crippen molar-refractivity contribution in [1.29, 1.82) is 0 Å². The number of rotatable bonds is 5. The van der Waals surface area contributed by atoms with Crippen molar-refractivity contribution in [2.24, 2.45) is 0 Å². The van der Waals surface area contributed by atoms with Crippen LogP contribution in [0.5, 0.6) is 0 Å². The van der Waals surface area contributed by atoms with Gasteiger partial charge in [-0.05, 0) is 19.9 Å². The van der Waals surface area contributed by atoms with Crippen LogP contribution in [0.3, 0.4) is 0 Å². The standard InChI is InChI=1S/C16H29N3O4/c1-17-8-9-19(15(22)4-11-20)13-16(17)5-3-14(21)18(7-6-16)10-12-23-2/h20H,3-13H2,1-2H3/t16-/m1/s1. The Bertz CT molecular complexity index is 432. The Morgan fingerprint density at radius 2 is 2.09 bits per heavy atom. The molecule has 0 aromatic heterocycles. The van der Waals surface area contributed by atoms with Crippen LogP contribution in [-0.4, -0.2) is 97.3 Å². The van der Waals surface area contributed by atoms with Crippen molar-refractivity contribution >= 4 is 11.8 Å². The van der Waals surface area contributed by atoms with Gasteiger partial charge in [-0.1, -0.05) is 0 Å². The van der Waals surface area contributed by atoms with E-state index in [1.54, 1.807) is 7.11 Å². The molecule has 0 saturated carbocycles. The second-order valence-electron chi connectivity index (χ2n) is 6.56. The quantitative estimate of drug-likeness (QED) is 0.740. The lowest BCUT2D eigenvalue weighted by molar-refractivity contribution is -0.137. The van der Waals surface area contributed by atoms with Crippen molar-refractivity contribution in [3.8, 4) is 0 Å². The number of aliphatic hydroxyl groups is 1. The SMILES string of the molecule is COCCN1CC[C@]2(CCC1=O)CN(C(=O)CCO)CCN2C. The third-order valence-electron chi connectivity index (χ3n) is 5.25. The fraction of sp³-hybridized carbons (Fsp3) is 0.875. The van der Waals surface area contributed by atoms with Gasteiger partial charge in [0.1, 0.15) is 0 Å². The molecule has 1 spiro atoms. The Balaban J connectivity index is 2.06. The summed E-state index contributed by atoms with van der Waals surface area (Å²) in [5.41, 5.74) is -0.138. The number of likely N-dealkylation sites (tertiary alicyclic amines) is 1. The van der Waals surface area contributed by atoms with Crippen molar-refractivity contribution in [2.45, 2.75) is 31.2 Å². The summed E-state index contributed by atoms with van der Waals surface area (Å²) in [6, 6.07) is 0. The first-order chi connectivity index (χ1) is 11.0. The van der Waals surface area contributed by atoms with E-state index in [1.165, 1.54) is 0 Å². The van der Waals surface area contributed by atoms with Crippen LogP contribution in [0.1, 0.15) is 25.7 Å². The predicted molar refractivity (Wildman–Crippen MR) is 86.0 cm³/mol. The molecule has 0 bridgehead atoms. The highest BCUT2D eigenvalue weighted by molar-refractivity contribution is 5.77. The Hall–Kier alpha value is -1.18. The summed E-state index contributed by atoms with van der Waals surface area (Å²) >= 11 is 0. The van der Waals surface area contributed by atoms with E-state index in [0.717, 1.165) is 19.4 Å². The zero-order chi connectivity index (χ0) is 16.9. The molecule has 1 N–H and O–H groups in total. The molecule has 0 aliphatic carbocycles. The van der Waals surface area contributed by atoms with E-state index in [4.69, 9.17) is 9.84 Å². The summed E-state index contributed by atoms with van der Waals surface area (Å²) in [4.78, 5) is 30.5. The van der Waals surface area contributed by atoms with Crippen molar-refractivity contribution < 1.29 is 19.4 Å². The van der Waals surface area contributed by atoms with Crippen molar-refractivity contribution in [3.63, 3.8) is 0 Å². The molecule has 2 rings (SSSR count). The Morgan fingerprint density at radius 3 is 2.78 bits per heavy atom. The maximum Gasteiger partial charge on any atom is 0.224 e. The number of likely N-dealkylation sites (N-methyl/N-ethyl adjacent to an activating group) is 1. The molecule has 2 fully saturated rings. The molecule has 2 amide bonds. The molecule has 2 heterocycles. The van der Waals surface area contributed by atoms with Crippen molar-refractivity contribution in [3.05, 3.63) is 0 Å². The number of aliphatic hydroxyl groups excluding tert-OH is 1. The van der Waals surface area contributed by atoms with Crippen molar-refractivity contribution in [1.82, 2.24) is 14.7 Å². The van der Waals surface area contributed by atoms with Gasteiger partial charge >= 0.3 is 0 Å². The van der Waals surface area contributed by atoms with E-state index in [0.29, 0.717) is 39.2 Å². The second kappa shape index (κ2) is 8.08. The number of carbonyl (C=O) groups is 2. The monoisotopic (exact) mass is 327 g/mol. The molecule has 2 aliphatic heterocycles. The van der Waals surface area contributed by atoms with Gasteiger partial charge in [0.15, 0.2) is 0 Å². The highest BCUT2D eigenvalue weighted by atomic mass is 16.5. The average molecular weight is 327 g/mol. The molecule has 0 aromatic rings. The Labute approximate surface area is 138 Å². The number of hydrogen-bond acceptors (Lipinski definition) is 5. The van der Waals surface area contributed by atoms with Crippen LogP contribution >= 0.6 is 0 Å². The first-order valence-corrected chi connectivity index (χ1v) is 8.39. The van der Waals surface area contributed by atoms with E-state index >= 15 is 0 Å². The molecular weight excluding hydrogens is 298 g/mol. The minimum atomic E-state index is -0.138. The predicted octanol–water partition coefficient (Wildman–Crippen LogP) is -0.459. The molecule has 23 heavy (non-hydrogen) atoms. The molecule has 2 aliphatic rings. The van der Waals surface area contributed by atoms with E-state index in [1.807, 2.05) is 9.80 Å². The zero-order valence-electron chi connectivity index (χ0n) is 14.3. The molecule has 0 aromatic carbocycles. The molecular formula is C16H29N3O4. The minimum absolute atomic E-state index is 0.00628. The highest BCUT2D eigenvalue weighted by Crippen LogP contribution is 2.32. The number of nitrogens with zero attached hydrogens (tertiary/aromatic N) is 3. The van der Waals surface area contributed by atoms with Gasteiger partial charge in [0, 0.05) is 58.2 Å². The fourth-order valence-corrected chi connectivity index (χ4v) is 3.60. The lowest BCUT2D eigenvalue weighted by Gasteiger charge is -2.49. The van der Waals surface area contributed by atoms with Gasteiger partial charge in [0.25, 0.3) is 0 Å². The number of piperazine rings is 1. The van der Waals surface area contributed by atoms with Gasteiger partial charge in [-0.25, -0.2) is 0 Å². The third-order valence-corrected chi connectivity index (χ3v) is 5.25. The minimum Gasteiger partial charge on any atom is -0.396 e. The molecule has 0 unspecified atom stereocenters. The number of hydrogen-bond donors (Lipinski definition) is 1. The van der Waals surface area contributed by atoms with E-state index in [2.05, 4.69) is 11.9 Å². The van der Waals surface area contributed by atoms with Gasteiger partial charge in [-0.15, -0.1) is 0 Å². The van der Waals surface area contributed by atoms with Crippen LogP contribution in [0.4, 0.5) is 0 Å². The fourth-order valence-electron chi connectivity index (χ4n) is 3.60. The third kappa shape index (κ3) is 4.22. The largest absolute Gasteiger partial charge is 0.396 e.